The van der Waals surface area contributed by atoms with Gasteiger partial charge in [0.1, 0.15) is 11.2 Å². The second-order valence-electron chi connectivity index (χ2n) is 5.52. The first kappa shape index (κ1) is 13.5. The van der Waals surface area contributed by atoms with Gasteiger partial charge in [-0.15, -0.1) is 0 Å². The fourth-order valence-electron chi connectivity index (χ4n) is 2.50. The highest BCUT2D eigenvalue weighted by Crippen LogP contribution is 2.33. The topological polar surface area (TPSA) is 79.7 Å². The lowest BCUT2D eigenvalue weighted by Crippen LogP contribution is -2.46. The van der Waals surface area contributed by atoms with Crippen LogP contribution in [0.15, 0.2) is 46.9 Å². The molecule has 0 radical (unpaired) electrons. The molecule has 0 saturated heterocycles. The number of nitrogens with two attached hydrogens (primary N) is 1. The van der Waals surface area contributed by atoms with E-state index in [9.17, 15) is 10.0 Å². The van der Waals surface area contributed by atoms with Crippen molar-refractivity contribution in [1.82, 2.24) is 5.06 Å². The van der Waals surface area contributed by atoms with Crippen LogP contribution in [0.25, 0.3) is 21.9 Å². The molecule has 108 valence electrons. The molecule has 0 aliphatic rings. The van der Waals surface area contributed by atoms with Gasteiger partial charge in [0, 0.05) is 10.8 Å². The van der Waals surface area contributed by atoms with Gasteiger partial charge in [-0.25, -0.2) is 4.79 Å². The molecule has 5 heteroatoms. The Bertz CT molecular complexity index is 836. The van der Waals surface area contributed by atoms with Gasteiger partial charge in [0.2, 0.25) is 0 Å². The van der Waals surface area contributed by atoms with E-state index in [-0.39, 0.29) is 0 Å². The fraction of sp³-hybridized carbons (Fsp3) is 0.188. The normalized spacial score (nSPS) is 12.0. The zero-order valence-corrected chi connectivity index (χ0v) is 11.8. The maximum atomic E-state index is 11.2. The van der Waals surface area contributed by atoms with E-state index in [1.54, 1.807) is 13.8 Å². The van der Waals surface area contributed by atoms with Gasteiger partial charge in [-0.3, -0.25) is 5.21 Å². The van der Waals surface area contributed by atoms with Crippen LogP contribution in [-0.4, -0.2) is 16.3 Å². The van der Waals surface area contributed by atoms with Gasteiger partial charge in [-0.05, 0) is 31.5 Å². The van der Waals surface area contributed by atoms with Crippen LogP contribution in [0.1, 0.15) is 19.4 Å². The van der Waals surface area contributed by atoms with E-state index in [1.807, 2.05) is 42.5 Å². The average molecular weight is 284 g/mol. The predicted molar refractivity (Wildman–Crippen MR) is 80.0 cm³/mol. The first-order chi connectivity index (χ1) is 9.91. The summed E-state index contributed by atoms with van der Waals surface area (Å²) in [5.74, 6) is 0. The number of carbonyl (C=O) groups is 1. The second kappa shape index (κ2) is 4.49. The number of urea groups is 1. The van der Waals surface area contributed by atoms with E-state index in [0.29, 0.717) is 10.6 Å². The maximum absolute atomic E-state index is 11.2. The van der Waals surface area contributed by atoms with Gasteiger partial charge in [-0.1, -0.05) is 30.3 Å². The largest absolute Gasteiger partial charge is 0.456 e. The van der Waals surface area contributed by atoms with E-state index >= 15 is 0 Å². The zero-order chi connectivity index (χ0) is 15.2. The van der Waals surface area contributed by atoms with Gasteiger partial charge in [-0.2, -0.15) is 5.06 Å². The van der Waals surface area contributed by atoms with Crippen LogP contribution >= 0.6 is 0 Å². The van der Waals surface area contributed by atoms with Crippen molar-refractivity contribution in [1.29, 1.82) is 0 Å². The molecule has 0 spiro atoms. The van der Waals surface area contributed by atoms with Crippen LogP contribution in [0.2, 0.25) is 0 Å². The first-order valence-electron chi connectivity index (χ1n) is 6.61. The van der Waals surface area contributed by atoms with Gasteiger partial charge in [0.15, 0.2) is 0 Å². The van der Waals surface area contributed by atoms with Crippen LogP contribution in [0.5, 0.6) is 0 Å². The quantitative estimate of drug-likeness (QED) is 0.557. The Morgan fingerprint density at radius 2 is 1.81 bits per heavy atom. The molecule has 0 aliphatic carbocycles. The van der Waals surface area contributed by atoms with E-state index in [2.05, 4.69) is 0 Å². The number of carbonyl (C=O) groups excluding carboxylic acids is 1. The summed E-state index contributed by atoms with van der Waals surface area (Å²) in [4.78, 5) is 11.2. The van der Waals surface area contributed by atoms with Crippen molar-refractivity contribution >= 4 is 28.0 Å². The van der Waals surface area contributed by atoms with Crippen molar-refractivity contribution in [2.75, 3.05) is 0 Å². The molecule has 0 bridgehead atoms. The lowest BCUT2D eigenvalue weighted by molar-refractivity contribution is -0.114. The van der Waals surface area contributed by atoms with Gasteiger partial charge in [0.25, 0.3) is 0 Å². The fourth-order valence-corrected chi connectivity index (χ4v) is 2.50. The molecular formula is C16H16N2O3. The second-order valence-corrected chi connectivity index (χ2v) is 5.52. The minimum absolute atomic E-state index is 0.525. The van der Waals surface area contributed by atoms with Crippen molar-refractivity contribution < 1.29 is 14.4 Å². The third-order valence-corrected chi connectivity index (χ3v) is 3.82. The number of furan rings is 1. The van der Waals surface area contributed by atoms with E-state index in [4.69, 9.17) is 10.2 Å². The number of amides is 2. The first-order valence-corrected chi connectivity index (χ1v) is 6.61. The Labute approximate surface area is 121 Å². The zero-order valence-electron chi connectivity index (χ0n) is 11.8. The Morgan fingerprint density at radius 3 is 2.52 bits per heavy atom. The van der Waals surface area contributed by atoms with Gasteiger partial charge >= 0.3 is 6.03 Å². The minimum atomic E-state index is -0.945. The number of benzene rings is 2. The summed E-state index contributed by atoms with van der Waals surface area (Å²) in [6.07, 6.45) is 0. The number of hydrogen-bond acceptors (Lipinski definition) is 3. The Hall–Kier alpha value is -2.53. The Balaban J connectivity index is 2.17. The highest BCUT2D eigenvalue weighted by molar-refractivity contribution is 6.04. The van der Waals surface area contributed by atoms with Crippen LogP contribution in [0.4, 0.5) is 4.79 Å². The van der Waals surface area contributed by atoms with Crippen molar-refractivity contribution in [3.63, 3.8) is 0 Å². The molecule has 1 aromatic heterocycles. The molecule has 2 amide bonds. The summed E-state index contributed by atoms with van der Waals surface area (Å²) in [5, 5.41) is 12.4. The average Bonchev–Trinajstić information content (AvgIpc) is 2.83. The summed E-state index contributed by atoms with van der Waals surface area (Å²) in [6.45, 7) is 3.42. The SMILES string of the molecule is CC(C)(c1ccc2c(c1)oc1ccccc12)N(O)C(N)=O. The predicted octanol–water partition coefficient (Wildman–Crippen LogP) is 3.59. The smallest absolute Gasteiger partial charge is 0.339 e. The van der Waals surface area contributed by atoms with Crippen LogP contribution < -0.4 is 5.73 Å². The van der Waals surface area contributed by atoms with E-state index in [0.717, 1.165) is 21.9 Å². The van der Waals surface area contributed by atoms with Crippen LogP contribution in [-0.2, 0) is 5.54 Å². The summed E-state index contributed by atoms with van der Waals surface area (Å²) < 4.78 is 5.81. The van der Waals surface area contributed by atoms with Crippen molar-refractivity contribution in [2.24, 2.45) is 5.73 Å². The van der Waals surface area contributed by atoms with Gasteiger partial charge in [0.05, 0.1) is 5.54 Å². The molecule has 0 saturated carbocycles. The summed E-state index contributed by atoms with van der Waals surface area (Å²) in [6, 6.07) is 12.5. The molecule has 3 rings (SSSR count). The molecule has 0 atom stereocenters. The molecule has 1 heterocycles. The molecule has 5 nitrogen and oxygen atoms in total. The molecular weight excluding hydrogens is 268 g/mol. The molecule has 3 N–H and O–H groups in total. The van der Waals surface area contributed by atoms with Gasteiger partial charge < -0.3 is 10.2 Å². The Kier molecular flexibility index (Phi) is 2.88. The number of primary amides is 1. The van der Waals surface area contributed by atoms with Crippen molar-refractivity contribution in [3.05, 3.63) is 48.0 Å². The number of fused-ring (bicyclic) bond motifs is 3. The third-order valence-electron chi connectivity index (χ3n) is 3.82. The van der Waals surface area contributed by atoms with E-state index in [1.165, 1.54) is 0 Å². The molecule has 2 aromatic carbocycles. The highest BCUT2D eigenvalue weighted by atomic mass is 16.5. The minimum Gasteiger partial charge on any atom is -0.456 e. The van der Waals surface area contributed by atoms with Crippen molar-refractivity contribution in [2.45, 2.75) is 19.4 Å². The van der Waals surface area contributed by atoms with E-state index < -0.39 is 11.6 Å². The lowest BCUT2D eigenvalue weighted by Gasteiger charge is -2.32. The number of rotatable bonds is 2. The van der Waals surface area contributed by atoms with Crippen molar-refractivity contribution in [3.8, 4) is 0 Å². The monoisotopic (exact) mass is 284 g/mol. The highest BCUT2D eigenvalue weighted by Gasteiger charge is 2.31. The summed E-state index contributed by atoms with van der Waals surface area (Å²) in [5.41, 5.74) is 6.45. The van der Waals surface area contributed by atoms with Crippen LogP contribution in [0, 0.1) is 0 Å². The number of hydroxylamine groups is 2. The summed E-state index contributed by atoms with van der Waals surface area (Å²) >= 11 is 0. The third kappa shape index (κ3) is 2.02. The number of hydrogen-bond donors (Lipinski definition) is 2. The Morgan fingerprint density at radius 1 is 1.14 bits per heavy atom. The molecule has 21 heavy (non-hydrogen) atoms. The molecule has 3 aromatic rings. The molecule has 0 aliphatic heterocycles. The summed E-state index contributed by atoms with van der Waals surface area (Å²) in [7, 11) is 0. The standard InChI is InChI=1S/C16H16N2O3/c1-16(2,18(20)15(17)19)10-7-8-12-11-5-3-4-6-13(11)21-14(12)9-10/h3-9,20H,1-2H3,(H2,17,19). The maximum Gasteiger partial charge on any atom is 0.339 e. The number of nitrogens with zero attached hydrogens (tertiary/aromatic N) is 1. The molecule has 0 unspecified atom stereocenters. The number of para-hydroxylation sites is 1. The lowest BCUT2D eigenvalue weighted by atomic mass is 9.93. The molecule has 0 fully saturated rings. The van der Waals surface area contributed by atoms with Crippen LogP contribution in [0.3, 0.4) is 0 Å².